The second-order valence-corrected chi connectivity index (χ2v) is 15.5. The minimum absolute atomic E-state index is 0.556. The number of rotatable bonds is 5. The molecule has 30 heavy (non-hydrogen) atoms. The van der Waals surface area contributed by atoms with Crippen molar-refractivity contribution in [2.45, 2.75) is 57.4 Å². The van der Waals surface area contributed by atoms with Crippen LogP contribution in [0.4, 0.5) is 0 Å². The standard InChI is InChI=1S/C22H31N2Si.C2H5.2ClH.Ti/c1-25(2,23-17-18-10-4-3-5-11-18)22-16-21(24-14-8-9-15-24)19-12-6-7-13-20(19)22;1-2;;;/h3-7,10-13,19-22H,8-9,14-17H2,1-2H3;1H2,2H3;2*1H;/q2*-1;;;+2/p-2. The van der Waals surface area contributed by atoms with E-state index in [2.05, 4.69) is 79.6 Å². The zero-order valence-corrected chi connectivity index (χ0v) is 22.7. The van der Waals surface area contributed by atoms with Crippen molar-refractivity contribution < 1.29 is 17.0 Å². The summed E-state index contributed by atoms with van der Waals surface area (Å²) in [4.78, 5) is 8.10. The average Bonchev–Trinajstić information content (AvgIpc) is 3.43. The third-order valence-corrected chi connectivity index (χ3v) is 10.1. The van der Waals surface area contributed by atoms with Crippen molar-refractivity contribution in [2.75, 3.05) is 13.1 Å². The van der Waals surface area contributed by atoms with Crippen molar-refractivity contribution in [3.8, 4) is 0 Å². The molecule has 2 nitrogen and oxygen atoms in total. The summed E-state index contributed by atoms with van der Waals surface area (Å²) in [7, 11) is 8.14. The van der Waals surface area contributed by atoms with Crippen molar-refractivity contribution in [3.63, 3.8) is 0 Å². The normalized spacial score (nSPS) is 27.5. The summed E-state index contributed by atoms with van der Waals surface area (Å²) in [5.74, 6) is 1.42. The van der Waals surface area contributed by atoms with Crippen LogP contribution in [0.1, 0.15) is 31.7 Å². The Hall–Kier alpha value is 0.131. The Bertz CT molecular complexity index is 662. The number of benzene rings is 1. The van der Waals surface area contributed by atoms with Gasteiger partial charge >= 0.3 is 35.6 Å². The number of fused-ring (bicyclic) bond motifs is 1. The van der Waals surface area contributed by atoms with Gasteiger partial charge in [0.05, 0.1) is 0 Å². The molecule has 3 aliphatic rings. The SMILES string of the molecule is C[Si](C)([N-]Cc1ccccc1)C1CC(N2CCCC2)C2C=CC=CC21.[CH2-]C.[Cl][Ti][Cl]. The topological polar surface area (TPSA) is 17.3 Å². The Morgan fingerprint density at radius 3 is 2.20 bits per heavy atom. The molecule has 0 radical (unpaired) electrons. The van der Waals surface area contributed by atoms with Gasteiger partial charge in [0.1, 0.15) is 0 Å². The van der Waals surface area contributed by atoms with Crippen molar-refractivity contribution in [1.29, 1.82) is 0 Å². The molecule has 1 saturated heterocycles. The van der Waals surface area contributed by atoms with Crippen LogP contribution in [0.5, 0.6) is 0 Å². The van der Waals surface area contributed by atoms with E-state index in [1.807, 2.05) is 0 Å². The van der Waals surface area contributed by atoms with E-state index < -0.39 is 25.3 Å². The first-order chi connectivity index (χ1) is 14.6. The van der Waals surface area contributed by atoms with Crippen LogP contribution in [0.25, 0.3) is 4.98 Å². The molecule has 1 aliphatic heterocycles. The fraction of sp³-hybridized carbons (Fsp3) is 0.542. The van der Waals surface area contributed by atoms with Crippen molar-refractivity contribution in [2.24, 2.45) is 11.8 Å². The zero-order valence-electron chi connectivity index (χ0n) is 18.6. The van der Waals surface area contributed by atoms with Gasteiger partial charge in [0.2, 0.25) is 0 Å². The maximum absolute atomic E-state index is 5.32. The van der Waals surface area contributed by atoms with Crippen molar-refractivity contribution in [3.05, 3.63) is 72.1 Å². The predicted octanol–water partition coefficient (Wildman–Crippen LogP) is 7.58. The number of hydrogen-bond acceptors (Lipinski definition) is 1. The zero-order chi connectivity index (χ0) is 22.0. The Morgan fingerprint density at radius 2 is 1.60 bits per heavy atom. The van der Waals surface area contributed by atoms with E-state index in [-0.39, 0.29) is 0 Å². The molecule has 0 N–H and O–H groups in total. The predicted molar refractivity (Wildman–Crippen MR) is 132 cm³/mol. The van der Waals surface area contributed by atoms with Crippen LogP contribution < -0.4 is 0 Å². The van der Waals surface area contributed by atoms with Crippen LogP contribution in [0.15, 0.2) is 54.6 Å². The van der Waals surface area contributed by atoms with Gasteiger partial charge in [-0.05, 0) is 44.2 Å². The Morgan fingerprint density at radius 1 is 1.03 bits per heavy atom. The molecule has 1 saturated carbocycles. The molecule has 4 unspecified atom stereocenters. The van der Waals surface area contributed by atoms with Crippen LogP contribution in [0.3, 0.4) is 0 Å². The van der Waals surface area contributed by atoms with Gasteiger partial charge in [-0.3, -0.25) is 4.90 Å². The van der Waals surface area contributed by atoms with Gasteiger partial charge in [-0.2, -0.15) is 6.92 Å². The van der Waals surface area contributed by atoms with Gasteiger partial charge in [-0.15, -0.1) is 6.54 Å². The summed E-state index contributed by atoms with van der Waals surface area (Å²) in [6, 6.07) is 11.5. The molecule has 4 atom stereocenters. The van der Waals surface area contributed by atoms with E-state index in [1.165, 1.54) is 37.9 Å². The Kier molecular flexibility index (Phi) is 12.0. The molecule has 1 heterocycles. The summed E-state index contributed by atoms with van der Waals surface area (Å²) in [6.45, 7) is 13.5. The molecule has 1 aromatic carbocycles. The van der Waals surface area contributed by atoms with Gasteiger partial charge in [-0.1, -0.05) is 87.1 Å². The summed E-state index contributed by atoms with van der Waals surface area (Å²) >= 11 is -0.556. The van der Waals surface area contributed by atoms with Gasteiger partial charge < -0.3 is 11.9 Å². The number of hydrogen-bond donors (Lipinski definition) is 0. The monoisotopic (exact) mass is 498 g/mol. The molecule has 0 bridgehead atoms. The van der Waals surface area contributed by atoms with Crippen molar-refractivity contribution in [1.82, 2.24) is 4.90 Å². The molecule has 166 valence electrons. The quantitative estimate of drug-likeness (QED) is 0.302. The number of likely N-dealkylation sites (tertiary alicyclic amines) is 1. The number of nitrogens with zero attached hydrogens (tertiary/aromatic N) is 2. The number of allylic oxidation sites excluding steroid dienone is 3. The average molecular weight is 499 g/mol. The third-order valence-electron chi connectivity index (χ3n) is 6.66. The number of halogens is 2. The van der Waals surface area contributed by atoms with E-state index >= 15 is 0 Å². The van der Waals surface area contributed by atoms with Crippen LogP contribution in [-0.2, 0) is 23.6 Å². The molecule has 0 aromatic heterocycles. The van der Waals surface area contributed by atoms with Crippen LogP contribution in [-0.4, -0.2) is 32.3 Å². The van der Waals surface area contributed by atoms with Gasteiger partial charge in [0, 0.05) is 6.04 Å². The molecule has 0 amide bonds. The van der Waals surface area contributed by atoms with E-state index in [1.54, 1.807) is 6.92 Å². The molecule has 6 heteroatoms. The van der Waals surface area contributed by atoms with Crippen LogP contribution in [0.2, 0.25) is 18.6 Å². The summed E-state index contributed by atoms with van der Waals surface area (Å²) in [6.07, 6.45) is 13.7. The minimum atomic E-state index is -1.64. The van der Waals surface area contributed by atoms with Gasteiger partial charge in [0.15, 0.2) is 0 Å². The van der Waals surface area contributed by atoms with E-state index in [0.717, 1.165) is 18.1 Å². The van der Waals surface area contributed by atoms with Crippen LogP contribution in [0, 0.1) is 18.8 Å². The fourth-order valence-electron chi connectivity index (χ4n) is 5.22. The van der Waals surface area contributed by atoms with Crippen molar-refractivity contribution >= 4 is 26.8 Å². The third kappa shape index (κ3) is 7.07. The summed E-state index contributed by atoms with van der Waals surface area (Å²) in [5.41, 5.74) is 2.13. The second kappa shape index (κ2) is 13.6. The molecule has 2 aliphatic carbocycles. The Labute approximate surface area is 202 Å². The summed E-state index contributed by atoms with van der Waals surface area (Å²) in [5, 5.41) is 0. The summed E-state index contributed by atoms with van der Waals surface area (Å²) < 4.78 is 0. The molecule has 0 spiro atoms. The first-order valence-electron chi connectivity index (χ1n) is 11.1. The fourth-order valence-corrected chi connectivity index (χ4v) is 8.14. The molecular weight excluding hydrogens is 463 g/mol. The molecule has 4 rings (SSSR count). The second-order valence-electron chi connectivity index (χ2n) is 8.60. The van der Waals surface area contributed by atoms with E-state index in [9.17, 15) is 0 Å². The molecule has 2 fully saturated rings. The Balaban J connectivity index is 0.000000590. The van der Waals surface area contributed by atoms with Gasteiger partial charge in [0.25, 0.3) is 0 Å². The van der Waals surface area contributed by atoms with Crippen LogP contribution >= 0.6 is 18.6 Å². The maximum atomic E-state index is 5.32. The first kappa shape index (κ1) is 26.4. The first-order valence-corrected chi connectivity index (χ1v) is 18.4. The van der Waals surface area contributed by atoms with E-state index in [0.29, 0.717) is 11.8 Å². The van der Waals surface area contributed by atoms with E-state index in [4.69, 9.17) is 23.6 Å². The molecule has 1 aromatic rings. The van der Waals surface area contributed by atoms with Gasteiger partial charge in [-0.25, -0.2) is 0 Å². The molecular formula is C24H36Cl2N2SiTi-2.